The van der Waals surface area contributed by atoms with Crippen molar-refractivity contribution in [2.75, 3.05) is 5.73 Å². The second-order valence-corrected chi connectivity index (χ2v) is 5.04. The van der Waals surface area contributed by atoms with Crippen molar-refractivity contribution < 1.29 is 0 Å². The Balaban J connectivity index is 2.30. The summed E-state index contributed by atoms with van der Waals surface area (Å²) in [4.78, 5) is 4.59. The van der Waals surface area contributed by atoms with Crippen molar-refractivity contribution in [1.82, 2.24) is 9.38 Å². The van der Waals surface area contributed by atoms with Gasteiger partial charge in [-0.15, -0.1) is 0 Å². The molecule has 3 nitrogen and oxygen atoms in total. The highest BCUT2D eigenvalue weighted by Crippen LogP contribution is 2.42. The van der Waals surface area contributed by atoms with E-state index in [4.69, 9.17) is 5.73 Å². The van der Waals surface area contributed by atoms with Crippen LogP contribution < -0.4 is 5.73 Å². The van der Waals surface area contributed by atoms with Crippen LogP contribution in [0.1, 0.15) is 30.0 Å². The number of rotatable bonds is 1. The lowest BCUT2D eigenvalue weighted by atomic mass is 10.3. The Morgan fingerprint density at radius 3 is 2.93 bits per heavy atom. The predicted octanol–water partition coefficient (Wildman–Crippen LogP) is 2.86. The van der Waals surface area contributed by atoms with E-state index in [1.165, 1.54) is 18.4 Å². The SMILES string of the molecule is Cc1cc2nc(C3CC3)c(N)n2cc1Br. The van der Waals surface area contributed by atoms with Crippen molar-refractivity contribution >= 4 is 27.4 Å². The minimum absolute atomic E-state index is 0.601. The van der Waals surface area contributed by atoms with Gasteiger partial charge >= 0.3 is 0 Å². The molecule has 0 amide bonds. The minimum atomic E-state index is 0.601. The molecule has 1 aliphatic rings. The molecule has 0 radical (unpaired) electrons. The Morgan fingerprint density at radius 2 is 2.27 bits per heavy atom. The molecule has 0 aromatic carbocycles. The van der Waals surface area contributed by atoms with Gasteiger partial charge in [-0.3, -0.25) is 4.40 Å². The van der Waals surface area contributed by atoms with Crippen molar-refractivity contribution in [3.05, 3.63) is 28.0 Å². The first-order valence-corrected chi connectivity index (χ1v) is 5.89. The first-order chi connectivity index (χ1) is 7.16. The molecule has 0 spiro atoms. The van der Waals surface area contributed by atoms with Gasteiger partial charge in [0.15, 0.2) is 0 Å². The summed E-state index contributed by atoms with van der Waals surface area (Å²) >= 11 is 3.51. The molecule has 2 aromatic heterocycles. The normalized spacial score (nSPS) is 16.1. The summed E-state index contributed by atoms with van der Waals surface area (Å²) in [6.45, 7) is 2.06. The van der Waals surface area contributed by atoms with Crippen LogP contribution in [0.2, 0.25) is 0 Å². The van der Waals surface area contributed by atoms with E-state index >= 15 is 0 Å². The number of hydrogen-bond acceptors (Lipinski definition) is 2. The topological polar surface area (TPSA) is 43.3 Å². The largest absolute Gasteiger partial charge is 0.383 e. The van der Waals surface area contributed by atoms with Crippen LogP contribution in [0.15, 0.2) is 16.7 Å². The molecule has 2 heterocycles. The van der Waals surface area contributed by atoms with Gasteiger partial charge in [-0.05, 0) is 47.3 Å². The van der Waals surface area contributed by atoms with E-state index in [1.807, 2.05) is 10.6 Å². The second kappa shape index (κ2) is 2.98. The van der Waals surface area contributed by atoms with Crippen LogP contribution >= 0.6 is 15.9 Å². The molecule has 4 heteroatoms. The van der Waals surface area contributed by atoms with Crippen LogP contribution in [-0.4, -0.2) is 9.38 Å². The lowest BCUT2D eigenvalue weighted by Gasteiger charge is -2.00. The smallest absolute Gasteiger partial charge is 0.139 e. The Kier molecular flexibility index (Phi) is 1.83. The van der Waals surface area contributed by atoms with Crippen LogP contribution in [0, 0.1) is 6.92 Å². The Morgan fingerprint density at radius 1 is 1.53 bits per heavy atom. The van der Waals surface area contributed by atoms with E-state index in [0.717, 1.165) is 21.6 Å². The highest BCUT2D eigenvalue weighted by molar-refractivity contribution is 9.10. The molecule has 2 aromatic rings. The summed E-state index contributed by atoms with van der Waals surface area (Å²) in [5.41, 5.74) is 9.30. The quantitative estimate of drug-likeness (QED) is 0.862. The molecule has 0 aliphatic heterocycles. The molecule has 1 aliphatic carbocycles. The third kappa shape index (κ3) is 1.35. The fourth-order valence-electron chi connectivity index (χ4n) is 1.85. The molecule has 1 fully saturated rings. The van der Waals surface area contributed by atoms with Crippen molar-refractivity contribution in [3.63, 3.8) is 0 Å². The Bertz CT molecular complexity index is 540. The summed E-state index contributed by atoms with van der Waals surface area (Å²) in [7, 11) is 0. The van der Waals surface area contributed by atoms with E-state index < -0.39 is 0 Å². The highest BCUT2D eigenvalue weighted by Gasteiger charge is 2.29. The number of aromatic nitrogens is 2. The van der Waals surface area contributed by atoms with Gasteiger partial charge in [0.05, 0.1) is 5.69 Å². The number of hydrogen-bond donors (Lipinski definition) is 1. The molecule has 0 atom stereocenters. The van der Waals surface area contributed by atoms with E-state index in [2.05, 4.69) is 33.9 Å². The molecule has 0 saturated heterocycles. The maximum absolute atomic E-state index is 6.08. The number of nitrogens with two attached hydrogens (primary N) is 1. The zero-order valence-electron chi connectivity index (χ0n) is 8.50. The molecule has 15 heavy (non-hydrogen) atoms. The molecular weight excluding hydrogens is 254 g/mol. The standard InChI is InChI=1S/C11H12BrN3/c1-6-4-9-14-10(7-2-3-7)11(13)15(9)5-8(6)12/h4-5,7H,2-3,13H2,1H3. The molecule has 78 valence electrons. The first-order valence-electron chi connectivity index (χ1n) is 5.10. The first kappa shape index (κ1) is 9.21. The zero-order valence-corrected chi connectivity index (χ0v) is 10.1. The maximum atomic E-state index is 6.08. The molecule has 3 rings (SSSR count). The number of halogens is 1. The van der Waals surface area contributed by atoms with Crippen LogP contribution in [0.5, 0.6) is 0 Å². The fourth-order valence-corrected chi connectivity index (χ4v) is 2.17. The molecule has 0 unspecified atom stereocenters. The van der Waals surface area contributed by atoms with E-state index in [9.17, 15) is 0 Å². The third-order valence-corrected chi connectivity index (χ3v) is 3.76. The minimum Gasteiger partial charge on any atom is -0.383 e. The van der Waals surface area contributed by atoms with E-state index in [0.29, 0.717) is 5.92 Å². The van der Waals surface area contributed by atoms with Gasteiger partial charge in [0.1, 0.15) is 11.5 Å². The summed E-state index contributed by atoms with van der Waals surface area (Å²) in [5.74, 6) is 1.40. The van der Waals surface area contributed by atoms with Crippen molar-refractivity contribution in [2.24, 2.45) is 0 Å². The van der Waals surface area contributed by atoms with Crippen molar-refractivity contribution in [2.45, 2.75) is 25.7 Å². The van der Waals surface area contributed by atoms with Crippen LogP contribution in [0.4, 0.5) is 5.82 Å². The van der Waals surface area contributed by atoms with Gasteiger partial charge < -0.3 is 5.73 Å². The molecule has 0 bridgehead atoms. The number of nitrogen functional groups attached to an aromatic ring is 1. The summed E-state index contributed by atoms with van der Waals surface area (Å²) in [6.07, 6.45) is 4.46. The number of anilines is 1. The van der Waals surface area contributed by atoms with Gasteiger partial charge in [-0.1, -0.05) is 0 Å². The fraction of sp³-hybridized carbons (Fsp3) is 0.364. The van der Waals surface area contributed by atoms with E-state index in [1.54, 1.807) is 0 Å². The lowest BCUT2D eigenvalue weighted by Crippen LogP contribution is -1.95. The van der Waals surface area contributed by atoms with Crippen LogP contribution in [0.3, 0.4) is 0 Å². The van der Waals surface area contributed by atoms with Crippen LogP contribution in [-0.2, 0) is 0 Å². The average molecular weight is 266 g/mol. The van der Waals surface area contributed by atoms with Gasteiger partial charge in [0.25, 0.3) is 0 Å². The number of nitrogens with zero attached hydrogens (tertiary/aromatic N) is 2. The summed E-state index contributed by atoms with van der Waals surface area (Å²) < 4.78 is 3.03. The van der Waals surface area contributed by atoms with Gasteiger partial charge in [0, 0.05) is 16.6 Å². The Labute approximate surface area is 96.4 Å². The molecule has 2 N–H and O–H groups in total. The van der Waals surface area contributed by atoms with Gasteiger partial charge in [0.2, 0.25) is 0 Å². The second-order valence-electron chi connectivity index (χ2n) is 4.19. The third-order valence-electron chi connectivity index (χ3n) is 2.93. The van der Waals surface area contributed by atoms with Crippen molar-refractivity contribution in [1.29, 1.82) is 0 Å². The van der Waals surface area contributed by atoms with Gasteiger partial charge in [-0.2, -0.15) is 0 Å². The maximum Gasteiger partial charge on any atom is 0.139 e. The Hall–Kier alpha value is -1.03. The molecular formula is C11H12BrN3. The zero-order chi connectivity index (χ0) is 10.6. The van der Waals surface area contributed by atoms with Crippen LogP contribution in [0.25, 0.3) is 5.65 Å². The molecule has 1 saturated carbocycles. The van der Waals surface area contributed by atoms with E-state index in [-0.39, 0.29) is 0 Å². The highest BCUT2D eigenvalue weighted by atomic mass is 79.9. The van der Waals surface area contributed by atoms with Crippen molar-refractivity contribution in [3.8, 4) is 0 Å². The number of aryl methyl sites for hydroxylation is 1. The number of imidazole rings is 1. The monoisotopic (exact) mass is 265 g/mol. The lowest BCUT2D eigenvalue weighted by molar-refractivity contribution is 1.06. The summed E-state index contributed by atoms with van der Waals surface area (Å²) in [5, 5.41) is 0. The van der Waals surface area contributed by atoms with Gasteiger partial charge in [-0.25, -0.2) is 4.98 Å². The number of pyridine rings is 1. The predicted molar refractivity (Wildman–Crippen MR) is 64.0 cm³/mol. The summed E-state index contributed by atoms with van der Waals surface area (Å²) in [6, 6.07) is 2.06. The average Bonchev–Trinajstić information content (AvgIpc) is 2.98. The number of fused-ring (bicyclic) bond motifs is 1.